The van der Waals surface area contributed by atoms with Crippen LogP contribution in [0.5, 0.6) is 0 Å². The molecule has 1 aliphatic rings. The van der Waals surface area contributed by atoms with Crippen LogP contribution in [0.25, 0.3) is 0 Å². The molecule has 0 heterocycles. The standard InChI is InChI=1S/2C6H4Cl2.Cr/c2*7-5-2-1-3-6(8)4-5;/h2*1-4H;/q;-6;. The summed E-state index contributed by atoms with van der Waals surface area (Å²) >= 11 is 22.2. The molecule has 5 heteroatoms. The van der Waals surface area contributed by atoms with Crippen molar-refractivity contribution in [1.29, 1.82) is 0 Å². The Morgan fingerprint density at radius 2 is 1.41 bits per heavy atom. The molecule has 0 unspecified atom stereocenters. The first-order valence-corrected chi connectivity index (χ1v) is 5.91. The molecule has 2 rings (SSSR count). The summed E-state index contributed by atoms with van der Waals surface area (Å²) in [7, 11) is 0. The normalized spacial score (nSPS) is 16.7. The molecule has 0 amide bonds. The van der Waals surface area contributed by atoms with Gasteiger partial charge in [0.05, 0.1) is 0 Å². The maximum Gasteiger partial charge on any atom is 0.0420 e. The van der Waals surface area contributed by atoms with Gasteiger partial charge in [0.15, 0.2) is 0 Å². The van der Waals surface area contributed by atoms with E-state index in [0.717, 1.165) is 0 Å². The number of rotatable bonds is 0. The van der Waals surface area contributed by atoms with Gasteiger partial charge in [-0.3, -0.25) is 0 Å². The van der Waals surface area contributed by atoms with Gasteiger partial charge in [-0.1, -0.05) is 29.3 Å². The molecule has 0 aliphatic heterocycles. The van der Waals surface area contributed by atoms with Crippen LogP contribution in [-0.2, 0) is 17.4 Å². The number of halogens is 4. The average molecular weight is 346 g/mol. The third kappa shape index (κ3) is 8.60. The van der Waals surface area contributed by atoms with Gasteiger partial charge < -0.3 is 59.6 Å². The minimum Gasteiger partial charge on any atom is -0.724 e. The van der Waals surface area contributed by atoms with Gasteiger partial charge in [-0.15, -0.1) is 0 Å². The summed E-state index contributed by atoms with van der Waals surface area (Å²) < 4.78 is 0. The van der Waals surface area contributed by atoms with E-state index in [9.17, 15) is 0 Å². The smallest absolute Gasteiger partial charge is 0.0420 e. The van der Waals surface area contributed by atoms with Crippen molar-refractivity contribution >= 4 is 46.4 Å². The first kappa shape index (κ1) is 17.9. The fourth-order valence-corrected chi connectivity index (χ4v) is 1.79. The monoisotopic (exact) mass is 344 g/mol. The average Bonchev–Trinajstić information content (AvgIpc) is 2.17. The van der Waals surface area contributed by atoms with Crippen molar-refractivity contribution in [1.82, 2.24) is 0 Å². The zero-order valence-corrected chi connectivity index (χ0v) is 12.8. The topological polar surface area (TPSA) is 0 Å². The van der Waals surface area contributed by atoms with Crippen molar-refractivity contribution in [3.8, 4) is 0 Å². The van der Waals surface area contributed by atoms with E-state index in [0.29, 0.717) is 20.8 Å². The minimum atomic E-state index is 0. The molecule has 0 aromatic heterocycles. The summed E-state index contributed by atoms with van der Waals surface area (Å²) in [4.78, 5) is 0. The summed E-state index contributed by atoms with van der Waals surface area (Å²) in [6.45, 7) is 0. The van der Waals surface area contributed by atoms with Gasteiger partial charge in [-0.05, 0) is 18.2 Å². The Kier molecular flexibility index (Phi) is 10.3. The molecule has 0 nitrogen and oxygen atoms in total. The fraction of sp³-hybridized carbons (Fsp3) is 0. The van der Waals surface area contributed by atoms with E-state index in [1.165, 1.54) is 0 Å². The van der Waals surface area contributed by atoms with Crippen molar-refractivity contribution < 1.29 is 17.4 Å². The van der Waals surface area contributed by atoms with Crippen molar-refractivity contribution in [2.75, 3.05) is 0 Å². The third-order valence-corrected chi connectivity index (χ3v) is 2.51. The van der Waals surface area contributed by atoms with Gasteiger partial charge in [0.2, 0.25) is 0 Å². The maximum absolute atomic E-state index is 5.56. The van der Waals surface area contributed by atoms with E-state index in [1.54, 1.807) is 37.5 Å². The van der Waals surface area contributed by atoms with Crippen LogP contribution in [-0.4, -0.2) is 0 Å². The Balaban J connectivity index is 0.000000284. The van der Waals surface area contributed by atoms with Gasteiger partial charge in [-0.25, -0.2) is 0 Å². The van der Waals surface area contributed by atoms with E-state index in [2.05, 4.69) is 0 Å². The Morgan fingerprint density at radius 1 is 0.941 bits per heavy atom. The molecule has 0 N–H and O–H groups in total. The summed E-state index contributed by atoms with van der Waals surface area (Å²) in [6, 6.07) is 7.08. The van der Waals surface area contributed by atoms with Crippen LogP contribution in [0.4, 0.5) is 0 Å². The summed E-state index contributed by atoms with van der Waals surface area (Å²) in [5.74, 6) is 0. The SMILES string of the molecule is Cl[C-]1[CH-][CH-][CH-][C-](Cl)[CH-]1.Clc1cccc(Cl)c1.[Cr]. The molecular formula is C12H8Cl4Cr-6. The molecule has 0 saturated heterocycles. The summed E-state index contributed by atoms with van der Waals surface area (Å²) in [5.41, 5.74) is 0. The molecule has 1 saturated carbocycles. The number of benzene rings is 1. The van der Waals surface area contributed by atoms with Crippen molar-refractivity contribution in [3.63, 3.8) is 0 Å². The van der Waals surface area contributed by atoms with Gasteiger partial charge in [0.25, 0.3) is 0 Å². The quantitative estimate of drug-likeness (QED) is 0.556. The molecule has 1 aromatic carbocycles. The van der Waals surface area contributed by atoms with Gasteiger partial charge in [-0.2, -0.15) is 0 Å². The molecule has 0 bridgehead atoms. The Hall–Kier alpha value is 0.912. The van der Waals surface area contributed by atoms with E-state index >= 15 is 0 Å². The molecule has 1 fully saturated rings. The fourth-order valence-electron chi connectivity index (χ4n) is 0.920. The molecule has 96 valence electrons. The zero-order valence-electron chi connectivity index (χ0n) is 8.54. The second-order valence-electron chi connectivity index (χ2n) is 2.88. The van der Waals surface area contributed by atoms with E-state index in [1.807, 2.05) is 12.5 Å². The first-order chi connectivity index (χ1) is 7.58. The van der Waals surface area contributed by atoms with Crippen LogP contribution in [0, 0.1) is 36.4 Å². The summed E-state index contributed by atoms with van der Waals surface area (Å²) in [6.07, 6.45) is 7.08. The van der Waals surface area contributed by atoms with Crippen molar-refractivity contribution in [2.45, 2.75) is 0 Å². The Bertz CT molecular complexity index is 294. The maximum atomic E-state index is 5.56. The molecule has 17 heavy (non-hydrogen) atoms. The Labute approximate surface area is 134 Å². The zero-order chi connectivity index (χ0) is 12.0. The summed E-state index contributed by atoms with van der Waals surface area (Å²) in [5, 5.41) is 2.71. The third-order valence-electron chi connectivity index (χ3n) is 1.57. The van der Waals surface area contributed by atoms with Crippen LogP contribution >= 0.6 is 46.4 Å². The van der Waals surface area contributed by atoms with Gasteiger partial charge in [0.1, 0.15) is 0 Å². The molecule has 0 spiro atoms. The predicted octanol–water partition coefficient (Wildman–Crippen LogP) is 5.35. The van der Waals surface area contributed by atoms with Crippen molar-refractivity contribution in [2.24, 2.45) is 0 Å². The second kappa shape index (κ2) is 9.79. The van der Waals surface area contributed by atoms with Crippen LogP contribution in [0.2, 0.25) is 10.0 Å². The Morgan fingerprint density at radius 3 is 1.65 bits per heavy atom. The van der Waals surface area contributed by atoms with Crippen LogP contribution in [0.3, 0.4) is 0 Å². The van der Waals surface area contributed by atoms with E-state index in [-0.39, 0.29) is 17.4 Å². The minimum absolute atomic E-state index is 0. The molecule has 0 radical (unpaired) electrons. The number of hydrogen-bond acceptors (Lipinski definition) is 0. The first-order valence-electron chi connectivity index (χ1n) is 4.40. The molecule has 1 aromatic rings. The van der Waals surface area contributed by atoms with Gasteiger partial charge in [0, 0.05) is 27.4 Å². The van der Waals surface area contributed by atoms with Crippen LogP contribution in [0.15, 0.2) is 24.3 Å². The molecular weight excluding hydrogens is 338 g/mol. The van der Waals surface area contributed by atoms with E-state index < -0.39 is 0 Å². The van der Waals surface area contributed by atoms with E-state index in [4.69, 9.17) is 46.4 Å². The van der Waals surface area contributed by atoms with Crippen LogP contribution < -0.4 is 0 Å². The molecule has 0 atom stereocenters. The van der Waals surface area contributed by atoms with Crippen LogP contribution in [0.1, 0.15) is 0 Å². The number of hydrogen-bond donors (Lipinski definition) is 0. The van der Waals surface area contributed by atoms with Crippen molar-refractivity contribution in [3.05, 3.63) is 70.7 Å². The molecule has 1 aliphatic carbocycles. The predicted molar refractivity (Wildman–Crippen MR) is 71.9 cm³/mol. The largest absolute Gasteiger partial charge is 0.724 e. The second-order valence-corrected chi connectivity index (χ2v) is 4.63. The van der Waals surface area contributed by atoms with Gasteiger partial charge >= 0.3 is 0 Å².